The third kappa shape index (κ3) is 60.3. The third-order valence-corrected chi connectivity index (χ3v) is 14.3. The fourth-order valence-corrected chi connectivity index (χ4v) is 9.18. The number of amides is 1. The number of hydrogen-bond donors (Lipinski definition) is 3. The van der Waals surface area contributed by atoms with Crippen molar-refractivity contribution in [3.05, 3.63) is 134 Å². The van der Waals surface area contributed by atoms with Crippen molar-refractivity contribution in [2.45, 2.75) is 257 Å². The molecule has 0 aliphatic heterocycles. The molecule has 3 N–H and O–H groups in total. The number of hydrogen-bond acceptors (Lipinski definition) is 5. The average Bonchev–Trinajstić information content (AvgIpc) is 3.41. The minimum Gasteiger partial charge on any atom is -0.387 e. The lowest BCUT2D eigenvalue weighted by atomic mass is 10.0. The van der Waals surface area contributed by atoms with Gasteiger partial charge in [0.05, 0.1) is 39.9 Å². The van der Waals surface area contributed by atoms with Crippen molar-refractivity contribution >= 4 is 13.7 Å². The first-order chi connectivity index (χ1) is 38.0. The Kier molecular flexibility index (Phi) is 55.8. The second-order valence-corrected chi connectivity index (χ2v) is 23.5. The van der Waals surface area contributed by atoms with Crippen molar-refractivity contribution in [2.75, 3.05) is 40.9 Å². The fourth-order valence-electron chi connectivity index (χ4n) is 8.44. The van der Waals surface area contributed by atoms with Crippen LogP contribution in [0.5, 0.6) is 0 Å². The summed E-state index contributed by atoms with van der Waals surface area (Å²) in [6, 6.07) is -0.896. The van der Waals surface area contributed by atoms with Crippen LogP contribution in [-0.2, 0) is 18.4 Å². The summed E-state index contributed by atoms with van der Waals surface area (Å²) >= 11 is 0. The van der Waals surface area contributed by atoms with Gasteiger partial charge < -0.3 is 19.8 Å². The maximum Gasteiger partial charge on any atom is 0.472 e. The monoisotopic (exact) mass is 1100 g/mol. The van der Waals surface area contributed by atoms with Crippen LogP contribution in [0.25, 0.3) is 0 Å². The van der Waals surface area contributed by atoms with Crippen LogP contribution in [0.1, 0.15) is 245 Å². The van der Waals surface area contributed by atoms with Gasteiger partial charge in [-0.3, -0.25) is 13.8 Å². The minimum absolute atomic E-state index is 0.0404. The van der Waals surface area contributed by atoms with Gasteiger partial charge in [0, 0.05) is 6.42 Å². The number of unbranched alkanes of at least 4 members (excludes halogenated alkanes) is 23. The Morgan fingerprint density at radius 3 is 1.18 bits per heavy atom. The second kappa shape index (κ2) is 58.3. The lowest BCUT2D eigenvalue weighted by Crippen LogP contribution is -2.45. The number of aliphatic hydroxyl groups excluding tert-OH is 1. The van der Waals surface area contributed by atoms with Crippen molar-refractivity contribution in [2.24, 2.45) is 0 Å². The molecular weight excluding hydrogens is 984 g/mol. The molecule has 0 saturated carbocycles. The number of likely N-dealkylation sites (N-methyl/N-ethyl adjacent to an activating group) is 1. The first kappa shape index (κ1) is 74.6. The summed E-state index contributed by atoms with van der Waals surface area (Å²) in [5.41, 5.74) is 0. The third-order valence-electron chi connectivity index (χ3n) is 13.3. The molecule has 0 heterocycles. The van der Waals surface area contributed by atoms with E-state index in [9.17, 15) is 19.4 Å². The van der Waals surface area contributed by atoms with Crippen LogP contribution in [0.4, 0.5) is 0 Å². The van der Waals surface area contributed by atoms with Crippen molar-refractivity contribution in [1.29, 1.82) is 0 Å². The zero-order valence-electron chi connectivity index (χ0n) is 50.9. The smallest absolute Gasteiger partial charge is 0.387 e. The summed E-state index contributed by atoms with van der Waals surface area (Å²) in [5, 5.41) is 13.9. The number of phosphoric acid groups is 1. The number of nitrogens with one attached hydrogen (secondary N) is 1. The number of rotatable bonds is 56. The molecule has 0 aromatic heterocycles. The van der Waals surface area contributed by atoms with E-state index >= 15 is 0 Å². The molecule has 0 bridgehead atoms. The molecule has 0 aliphatic rings. The highest BCUT2D eigenvalue weighted by Crippen LogP contribution is 2.43. The van der Waals surface area contributed by atoms with Crippen LogP contribution < -0.4 is 5.32 Å². The van der Waals surface area contributed by atoms with Crippen LogP contribution in [0.2, 0.25) is 0 Å². The summed E-state index contributed by atoms with van der Waals surface area (Å²) in [4.78, 5) is 23.3. The largest absolute Gasteiger partial charge is 0.472 e. The van der Waals surface area contributed by atoms with E-state index in [-0.39, 0.29) is 19.1 Å². The van der Waals surface area contributed by atoms with Crippen molar-refractivity contribution < 1.29 is 32.9 Å². The molecule has 0 aromatic carbocycles. The van der Waals surface area contributed by atoms with Gasteiger partial charge in [0.1, 0.15) is 13.2 Å². The van der Waals surface area contributed by atoms with Crippen LogP contribution in [0.3, 0.4) is 0 Å². The lowest BCUT2D eigenvalue weighted by Gasteiger charge is -2.25. The van der Waals surface area contributed by atoms with Crippen molar-refractivity contribution in [3.63, 3.8) is 0 Å². The molecule has 0 aromatic rings. The molecule has 78 heavy (non-hydrogen) atoms. The van der Waals surface area contributed by atoms with E-state index in [4.69, 9.17) is 9.05 Å². The number of phosphoric ester groups is 1. The zero-order valence-corrected chi connectivity index (χ0v) is 51.7. The molecule has 0 radical (unpaired) electrons. The Bertz CT molecular complexity index is 1730. The topological polar surface area (TPSA) is 105 Å². The summed E-state index contributed by atoms with van der Waals surface area (Å²) in [6.07, 6.45) is 88.6. The van der Waals surface area contributed by atoms with Crippen LogP contribution in [0.15, 0.2) is 134 Å². The Hall–Kier alpha value is -3.36. The van der Waals surface area contributed by atoms with Crippen molar-refractivity contribution in [1.82, 2.24) is 5.32 Å². The van der Waals surface area contributed by atoms with Crippen LogP contribution in [-0.4, -0.2) is 73.4 Å². The van der Waals surface area contributed by atoms with E-state index in [1.807, 2.05) is 27.2 Å². The lowest BCUT2D eigenvalue weighted by molar-refractivity contribution is -0.870. The summed E-state index contributed by atoms with van der Waals surface area (Å²) in [6.45, 7) is 4.65. The van der Waals surface area contributed by atoms with E-state index < -0.39 is 20.0 Å². The zero-order chi connectivity index (χ0) is 57.0. The Balaban J connectivity index is 4.34. The van der Waals surface area contributed by atoms with Gasteiger partial charge >= 0.3 is 7.82 Å². The van der Waals surface area contributed by atoms with E-state index in [2.05, 4.69) is 141 Å². The van der Waals surface area contributed by atoms with Gasteiger partial charge in [-0.2, -0.15) is 0 Å². The molecule has 0 spiro atoms. The quantitative estimate of drug-likeness (QED) is 0.0243. The minimum atomic E-state index is -4.38. The van der Waals surface area contributed by atoms with E-state index in [1.54, 1.807) is 6.08 Å². The number of carbonyl (C=O) groups is 1. The normalized spacial score (nSPS) is 14.7. The SMILES string of the molecule is CC/C=C\C/C=C\C/C=C\C/C=C\C/C=C\C/C=C\C/C=C\C/C=C\CCCCCCC(=O)NC(COP(=O)(O)OCC[N+](C)(C)C)C(O)/C=C/CC/C=C/CC/C=C/CCCCCCCCCCCCCCCCCCC. The molecule has 9 heteroatoms. The van der Waals surface area contributed by atoms with Gasteiger partial charge in [0.2, 0.25) is 5.91 Å². The molecule has 0 rings (SSSR count). The number of quaternary nitrogens is 1. The summed E-state index contributed by atoms with van der Waals surface area (Å²) in [5.74, 6) is -0.220. The Morgan fingerprint density at radius 1 is 0.449 bits per heavy atom. The van der Waals surface area contributed by atoms with E-state index in [1.165, 1.54) is 116 Å². The van der Waals surface area contributed by atoms with E-state index in [0.717, 1.165) is 109 Å². The van der Waals surface area contributed by atoms with Gasteiger partial charge in [0.15, 0.2) is 0 Å². The fraction of sp³-hybridized carbons (Fsp3) is 0.667. The first-order valence-corrected chi connectivity index (χ1v) is 33.1. The molecule has 446 valence electrons. The molecule has 0 saturated heterocycles. The molecule has 3 unspecified atom stereocenters. The highest BCUT2D eigenvalue weighted by molar-refractivity contribution is 7.47. The molecule has 3 atom stereocenters. The number of allylic oxidation sites excluding steroid dienone is 21. The number of aliphatic hydroxyl groups is 1. The number of nitrogens with zero attached hydrogens (tertiary/aromatic N) is 1. The highest BCUT2D eigenvalue weighted by atomic mass is 31.2. The van der Waals surface area contributed by atoms with Gasteiger partial charge in [-0.15, -0.1) is 0 Å². The van der Waals surface area contributed by atoms with Crippen LogP contribution >= 0.6 is 7.82 Å². The van der Waals surface area contributed by atoms with Gasteiger partial charge in [-0.1, -0.05) is 263 Å². The molecular formula is C69H120N2O6P+. The second-order valence-electron chi connectivity index (χ2n) is 22.0. The Morgan fingerprint density at radius 2 is 0.782 bits per heavy atom. The van der Waals surface area contributed by atoms with Crippen LogP contribution in [0, 0.1) is 0 Å². The summed E-state index contributed by atoms with van der Waals surface area (Å²) < 4.78 is 23.7. The standard InChI is InChI=1S/C69H119N2O6P/c1-6-8-10-12-14-16-18-20-22-24-26-28-30-32-34-35-37-39-41-43-45-47-49-51-53-55-57-59-61-63-69(73)70-67(66-77-78(74,75)76-65-64-71(3,4)5)68(72)62-60-58-56-54-52-50-48-46-44-42-40-38-36-33-31-29-27-25-23-21-19-17-15-13-11-9-7-2/h8,10,14,16,20,22,26,28,32,34,37,39,43-46,49,51-52,54,60,62,67-68,72H,6-7,9,11-13,15,17-19,21,23-25,27,29-31,33,35-36,38,40-42,47-48,50,53,55-59,61,63-66H2,1-5H3,(H-,70,73,74,75)/p+1/b10-8-,16-14-,22-20-,28-26-,34-32-,39-37-,45-43-,46-44+,51-49-,54-52+,62-60+. The van der Waals surface area contributed by atoms with E-state index in [0.29, 0.717) is 17.4 Å². The molecule has 8 nitrogen and oxygen atoms in total. The number of carbonyl (C=O) groups excluding carboxylic acids is 1. The molecule has 0 aliphatic carbocycles. The maximum atomic E-state index is 13.0. The summed E-state index contributed by atoms with van der Waals surface area (Å²) in [7, 11) is 1.51. The average molecular weight is 1100 g/mol. The van der Waals surface area contributed by atoms with Crippen molar-refractivity contribution in [3.8, 4) is 0 Å². The predicted molar refractivity (Wildman–Crippen MR) is 341 cm³/mol. The van der Waals surface area contributed by atoms with Gasteiger partial charge in [0.25, 0.3) is 0 Å². The molecule has 0 fully saturated rings. The predicted octanol–water partition coefficient (Wildman–Crippen LogP) is 19.9. The molecule has 1 amide bonds. The highest BCUT2D eigenvalue weighted by Gasteiger charge is 2.27. The van der Waals surface area contributed by atoms with Gasteiger partial charge in [-0.05, 0) is 109 Å². The Labute approximate surface area is 481 Å². The van der Waals surface area contributed by atoms with Gasteiger partial charge in [-0.25, -0.2) is 4.57 Å². The first-order valence-electron chi connectivity index (χ1n) is 31.6. The maximum absolute atomic E-state index is 13.0.